The van der Waals surface area contributed by atoms with Gasteiger partial charge in [0.05, 0.1) is 66.8 Å². The summed E-state index contributed by atoms with van der Waals surface area (Å²) in [5.41, 5.74) is 12.8. The first-order valence-corrected chi connectivity index (χ1v) is 31.5. The third-order valence-electron chi connectivity index (χ3n) is 15.6. The van der Waals surface area contributed by atoms with E-state index in [1.165, 1.54) is 146 Å². The van der Waals surface area contributed by atoms with Crippen molar-refractivity contribution in [2.45, 2.75) is 0 Å². The molecule has 0 bridgehead atoms. The van der Waals surface area contributed by atoms with Crippen molar-refractivity contribution in [1.82, 2.24) is 0 Å². The van der Waals surface area contributed by atoms with E-state index in [-0.39, 0.29) is 268 Å². The number of hydrogen-bond acceptors (Lipinski definition) is 12. The van der Waals surface area contributed by atoms with Gasteiger partial charge in [-0.05, 0) is 212 Å². The molecular formula is C84H76O32Zr6. The first-order valence-electron chi connectivity index (χ1n) is 31.5. The summed E-state index contributed by atoms with van der Waals surface area (Å²) in [5, 5.41) is 105. The molecule has 28 N–H and O–H groups in total. The molecule has 12 aromatic rings. The fourth-order valence-corrected chi connectivity index (χ4v) is 9.66. The molecule has 0 spiro atoms. The maximum absolute atomic E-state index is 10.7. The minimum absolute atomic E-state index is 0. The number of benzene rings is 12. The van der Waals surface area contributed by atoms with Crippen LogP contribution in [0.4, 0.5) is 0 Å². The summed E-state index contributed by atoms with van der Waals surface area (Å²) in [6.45, 7) is 0. The van der Waals surface area contributed by atoms with Crippen LogP contribution in [0.5, 0.6) is 0 Å². The zero-order valence-corrected chi connectivity index (χ0v) is 77.7. The second-order valence-electron chi connectivity index (χ2n) is 22.6. The Morgan fingerprint density at radius 3 is 0.180 bits per heavy atom. The topological polar surface area (TPSA) is 700 Å². The fraction of sp³-hybridized carbons (Fsp3) is 0. The van der Waals surface area contributed by atoms with Crippen molar-refractivity contribution in [3.8, 4) is 66.8 Å². The van der Waals surface area contributed by atoms with Gasteiger partial charge in [-0.2, -0.15) is 0 Å². The van der Waals surface area contributed by atoms with Gasteiger partial charge in [0.1, 0.15) is 0 Å². The monoisotopic (exact) mass is 2140 g/mol. The normalized spacial score (nSPS) is 8.85. The Balaban J connectivity index is -0.000000208. The van der Waals surface area contributed by atoms with Gasteiger partial charge in [-0.1, -0.05) is 146 Å². The zero-order chi connectivity index (χ0) is 78.7. The largest absolute Gasteiger partial charge is 0.478 e. The molecule has 0 unspecified atom stereocenters. The van der Waals surface area contributed by atoms with Crippen LogP contribution in [0.25, 0.3) is 66.8 Å². The Hall–Kier alpha value is -10.7. The quantitative estimate of drug-likeness (QED) is 0.0380. The molecule has 0 aliphatic rings. The second-order valence-corrected chi connectivity index (χ2v) is 22.6. The molecule has 0 saturated heterocycles. The first-order chi connectivity index (χ1) is 51.5. The molecule has 38 heteroatoms. The Bertz CT molecular complexity index is 4070. The SMILES string of the molecule is O.O.O.O.O.O.O.O.O=C(O)c1ccc(-c2ccc(C(=O)O)cc2)cc1.O=C(O)c1ccc(-c2ccc(C(=O)O)cc2)cc1.O=C(O)c1ccc(-c2ccc(C(=O)O)cc2)cc1.O=C(O)c1ccc(-c2ccc(C(=O)O)cc2)cc1.O=C(O)c1ccc(-c2ccc(C(=O)O)cc2)cc1.O=C(O)c1ccc(-c2ccc(C(=O)O)cc2)cc1.[Zr].[Zr].[Zr].[Zr].[Zr].[Zr]. The van der Waals surface area contributed by atoms with Gasteiger partial charge in [0.15, 0.2) is 0 Å². The van der Waals surface area contributed by atoms with Crippen LogP contribution in [0.15, 0.2) is 291 Å². The summed E-state index contributed by atoms with van der Waals surface area (Å²) in [5.74, 6) is -11.6. The van der Waals surface area contributed by atoms with Crippen LogP contribution in [-0.2, 0) is 157 Å². The van der Waals surface area contributed by atoms with Crippen LogP contribution >= 0.6 is 0 Å². The standard InChI is InChI=1S/6C14H10O4.8H2O.6Zr/c6*15-13(16)11-5-1-9(2-6-11)10-3-7-12(8-4-10)14(17)18;;;;;;;;;;;;;;/h6*1-8H,(H,15,16)(H,17,18);8*1H2;;;;;;. The Labute approximate surface area is 807 Å². The molecule has 0 aliphatic carbocycles. The summed E-state index contributed by atoms with van der Waals surface area (Å²) in [7, 11) is 0. The van der Waals surface area contributed by atoms with Crippen molar-refractivity contribution < 1.29 is 320 Å². The van der Waals surface area contributed by atoms with E-state index in [2.05, 4.69) is 0 Å². The molecule has 122 heavy (non-hydrogen) atoms. The van der Waals surface area contributed by atoms with Gasteiger partial charge < -0.3 is 105 Å². The number of carboxylic acid groups (broad SMARTS) is 12. The number of rotatable bonds is 18. The Morgan fingerprint density at radius 2 is 0.148 bits per heavy atom. The summed E-state index contributed by atoms with van der Waals surface area (Å²) < 4.78 is 0. The second kappa shape index (κ2) is 62.4. The van der Waals surface area contributed by atoms with Crippen LogP contribution in [0.1, 0.15) is 124 Å². The van der Waals surface area contributed by atoms with Gasteiger partial charge >= 0.3 is 71.6 Å². The minimum atomic E-state index is -0.970. The predicted octanol–water partition coefficient (Wildman–Crippen LogP) is 9.89. The van der Waals surface area contributed by atoms with Gasteiger partial charge in [0.25, 0.3) is 0 Å². The summed E-state index contributed by atoms with van der Waals surface area (Å²) in [4.78, 5) is 128. The number of aromatic carboxylic acids is 12. The van der Waals surface area contributed by atoms with Gasteiger partial charge in [0.2, 0.25) is 0 Å². The molecule has 0 aliphatic heterocycles. The molecule has 0 radical (unpaired) electrons. The number of carboxylic acids is 12. The maximum Gasteiger partial charge on any atom is 0.335 e. The molecule has 0 fully saturated rings. The number of carbonyl (C=O) groups is 12. The van der Waals surface area contributed by atoms with E-state index in [4.69, 9.17) is 61.3 Å². The third-order valence-corrected chi connectivity index (χ3v) is 15.6. The number of hydrogen-bond donors (Lipinski definition) is 12. The molecule has 12 aromatic carbocycles. The molecule has 0 saturated carbocycles. The Kier molecular flexibility index (Phi) is 64.9. The van der Waals surface area contributed by atoms with E-state index in [1.54, 1.807) is 146 Å². The van der Waals surface area contributed by atoms with E-state index in [9.17, 15) is 57.5 Å². The summed E-state index contributed by atoms with van der Waals surface area (Å²) in [6.07, 6.45) is 0. The average Bonchev–Trinajstić information content (AvgIpc) is 0.871. The maximum atomic E-state index is 10.7. The van der Waals surface area contributed by atoms with Crippen LogP contribution in [0.2, 0.25) is 0 Å². The summed E-state index contributed by atoms with van der Waals surface area (Å²) >= 11 is 0. The van der Waals surface area contributed by atoms with Gasteiger partial charge in [-0.25, -0.2) is 57.5 Å². The van der Waals surface area contributed by atoms with E-state index in [1.807, 2.05) is 0 Å². The van der Waals surface area contributed by atoms with Crippen LogP contribution in [0.3, 0.4) is 0 Å². The molecule has 0 aromatic heterocycles. The van der Waals surface area contributed by atoms with E-state index in [0.29, 0.717) is 0 Å². The molecule has 32 nitrogen and oxygen atoms in total. The van der Waals surface area contributed by atoms with Crippen molar-refractivity contribution in [2.24, 2.45) is 0 Å². The van der Waals surface area contributed by atoms with Crippen LogP contribution < -0.4 is 0 Å². The van der Waals surface area contributed by atoms with Crippen LogP contribution in [-0.4, -0.2) is 177 Å². The average molecular weight is 2140 g/mol. The van der Waals surface area contributed by atoms with Crippen LogP contribution in [0, 0.1) is 0 Å². The van der Waals surface area contributed by atoms with Crippen molar-refractivity contribution in [2.75, 3.05) is 0 Å². The zero-order valence-electron chi connectivity index (χ0n) is 63.0. The molecule has 0 amide bonds. The molecule has 628 valence electrons. The van der Waals surface area contributed by atoms with E-state index < -0.39 is 71.6 Å². The van der Waals surface area contributed by atoms with E-state index >= 15 is 0 Å². The minimum Gasteiger partial charge on any atom is -0.478 e. The van der Waals surface area contributed by atoms with E-state index in [0.717, 1.165) is 66.8 Å². The Morgan fingerprint density at radius 1 is 0.107 bits per heavy atom. The van der Waals surface area contributed by atoms with Gasteiger partial charge in [-0.15, -0.1) is 0 Å². The predicted molar refractivity (Wildman–Crippen MR) is 424 cm³/mol. The van der Waals surface area contributed by atoms with Crippen molar-refractivity contribution in [3.63, 3.8) is 0 Å². The summed E-state index contributed by atoms with van der Waals surface area (Å²) in [6, 6.07) is 77.0. The first kappa shape index (κ1) is 127. The van der Waals surface area contributed by atoms with Crippen molar-refractivity contribution in [1.29, 1.82) is 0 Å². The van der Waals surface area contributed by atoms with Gasteiger partial charge in [-0.3, -0.25) is 0 Å². The van der Waals surface area contributed by atoms with Crippen molar-refractivity contribution >= 4 is 71.6 Å². The fourth-order valence-electron chi connectivity index (χ4n) is 9.66. The third kappa shape index (κ3) is 39.0. The van der Waals surface area contributed by atoms with Gasteiger partial charge in [0, 0.05) is 157 Å². The molecule has 0 heterocycles. The molecular weight excluding hydrogens is 2070 g/mol. The molecule has 0 atom stereocenters. The molecule has 12 rings (SSSR count). The van der Waals surface area contributed by atoms with Crippen molar-refractivity contribution in [3.05, 3.63) is 358 Å². The smallest absolute Gasteiger partial charge is 0.335 e.